The molecule has 0 amide bonds. The van der Waals surface area contributed by atoms with E-state index >= 15 is 0 Å². The zero-order valence-electron chi connectivity index (χ0n) is 17.3. The Hall–Kier alpha value is -3.07. The van der Waals surface area contributed by atoms with Crippen LogP contribution in [0, 0.1) is 5.92 Å². The Morgan fingerprint density at radius 1 is 0.931 bits per heavy atom. The Morgan fingerprint density at radius 2 is 1.66 bits per heavy atom. The van der Waals surface area contributed by atoms with E-state index in [2.05, 4.69) is 104 Å². The molecule has 3 atom stereocenters. The number of benzene rings is 2. The largest absolute Gasteiger partial charge is 0.345 e. The van der Waals surface area contributed by atoms with E-state index in [-0.39, 0.29) is 6.17 Å². The number of anilines is 3. The van der Waals surface area contributed by atoms with Crippen molar-refractivity contribution in [2.24, 2.45) is 5.92 Å². The smallest absolute Gasteiger partial charge is 0.159 e. The van der Waals surface area contributed by atoms with Gasteiger partial charge in [-0.25, -0.2) is 4.98 Å². The molecular formula is C26H27N3. The van der Waals surface area contributed by atoms with Crippen molar-refractivity contribution < 1.29 is 0 Å². The van der Waals surface area contributed by atoms with Crippen molar-refractivity contribution in [3.8, 4) is 11.3 Å². The summed E-state index contributed by atoms with van der Waals surface area (Å²) in [6.45, 7) is 11.1. The van der Waals surface area contributed by atoms with Crippen LogP contribution in [0.4, 0.5) is 17.2 Å². The van der Waals surface area contributed by atoms with Crippen molar-refractivity contribution in [3.05, 3.63) is 84.9 Å². The molecule has 0 fully saturated rings. The first-order chi connectivity index (χ1) is 14.1. The molecule has 0 saturated heterocycles. The highest BCUT2D eigenvalue weighted by molar-refractivity contribution is 5.85. The van der Waals surface area contributed by atoms with E-state index in [1.165, 1.54) is 16.9 Å². The van der Waals surface area contributed by atoms with Crippen molar-refractivity contribution in [2.45, 2.75) is 38.9 Å². The van der Waals surface area contributed by atoms with Gasteiger partial charge in [-0.15, -0.1) is 6.58 Å². The zero-order valence-corrected chi connectivity index (χ0v) is 17.3. The molecule has 0 N–H and O–H groups in total. The molecule has 146 valence electrons. The van der Waals surface area contributed by atoms with Crippen LogP contribution >= 0.6 is 0 Å². The Kier molecular flexibility index (Phi) is 4.20. The number of fused-ring (bicyclic) bond motifs is 5. The predicted octanol–water partition coefficient (Wildman–Crippen LogP) is 6.36. The van der Waals surface area contributed by atoms with Crippen LogP contribution in [0.2, 0.25) is 0 Å². The lowest BCUT2D eigenvalue weighted by atomic mass is 9.80. The summed E-state index contributed by atoms with van der Waals surface area (Å²) in [5.41, 5.74) is 5.98. The van der Waals surface area contributed by atoms with Gasteiger partial charge in [0.2, 0.25) is 0 Å². The molecule has 3 heterocycles. The number of para-hydroxylation sites is 1. The van der Waals surface area contributed by atoms with E-state index in [0.717, 1.165) is 17.1 Å². The average Bonchev–Trinajstić information content (AvgIpc) is 3.10. The first kappa shape index (κ1) is 18.0. The van der Waals surface area contributed by atoms with E-state index in [1.54, 1.807) is 0 Å². The van der Waals surface area contributed by atoms with Crippen molar-refractivity contribution in [2.75, 3.05) is 9.80 Å². The van der Waals surface area contributed by atoms with Crippen LogP contribution in [-0.2, 0) is 0 Å². The molecule has 5 rings (SSSR count). The van der Waals surface area contributed by atoms with Crippen LogP contribution < -0.4 is 9.80 Å². The standard InChI is InChI=1S/C26H27N3/c1-5-20-18(4)26-28(17(2)3)24-16-15-22(19-11-7-6-8-12-19)27-25(24)29(26)23-14-10-9-13-21(20)23/h5-18,20,26H,1H2,2-4H3. The second kappa shape index (κ2) is 6.77. The molecule has 0 bridgehead atoms. The second-order valence-electron chi connectivity index (χ2n) is 8.37. The Labute approximate surface area is 173 Å². The number of pyridine rings is 1. The number of nitrogens with zero attached hydrogens (tertiary/aromatic N) is 3. The Balaban J connectivity index is 1.74. The van der Waals surface area contributed by atoms with Gasteiger partial charge < -0.3 is 9.80 Å². The fourth-order valence-corrected chi connectivity index (χ4v) is 5.11. The van der Waals surface area contributed by atoms with Crippen LogP contribution in [-0.4, -0.2) is 17.2 Å². The molecule has 0 radical (unpaired) electrons. The summed E-state index contributed by atoms with van der Waals surface area (Å²) in [5, 5.41) is 0. The third kappa shape index (κ3) is 2.61. The molecule has 3 heteroatoms. The van der Waals surface area contributed by atoms with Crippen LogP contribution in [0.5, 0.6) is 0 Å². The lowest BCUT2D eigenvalue weighted by Gasteiger charge is -2.46. The van der Waals surface area contributed by atoms with Gasteiger partial charge in [0.1, 0.15) is 6.17 Å². The number of allylic oxidation sites excluding steroid dienone is 1. The molecule has 3 nitrogen and oxygen atoms in total. The summed E-state index contributed by atoms with van der Waals surface area (Å²) < 4.78 is 0. The predicted molar refractivity (Wildman–Crippen MR) is 122 cm³/mol. The highest BCUT2D eigenvalue weighted by Crippen LogP contribution is 2.54. The van der Waals surface area contributed by atoms with Crippen LogP contribution in [0.1, 0.15) is 32.3 Å². The monoisotopic (exact) mass is 381 g/mol. The first-order valence-corrected chi connectivity index (χ1v) is 10.5. The van der Waals surface area contributed by atoms with Gasteiger partial charge in [0.25, 0.3) is 0 Å². The average molecular weight is 382 g/mol. The maximum absolute atomic E-state index is 5.18. The molecule has 2 aromatic carbocycles. The number of hydrogen-bond acceptors (Lipinski definition) is 3. The lowest BCUT2D eigenvalue weighted by Crippen LogP contribution is -2.52. The summed E-state index contributed by atoms with van der Waals surface area (Å²) in [5.74, 6) is 1.79. The summed E-state index contributed by atoms with van der Waals surface area (Å²) >= 11 is 0. The minimum absolute atomic E-state index is 0.237. The highest BCUT2D eigenvalue weighted by atomic mass is 15.5. The summed E-state index contributed by atoms with van der Waals surface area (Å²) in [6, 6.07) is 24.0. The molecule has 2 aliphatic heterocycles. The summed E-state index contributed by atoms with van der Waals surface area (Å²) in [7, 11) is 0. The van der Waals surface area contributed by atoms with Crippen molar-refractivity contribution in [1.82, 2.24) is 4.98 Å². The van der Waals surface area contributed by atoms with E-state index in [0.29, 0.717) is 17.9 Å². The first-order valence-electron chi connectivity index (χ1n) is 10.5. The number of aromatic nitrogens is 1. The van der Waals surface area contributed by atoms with Crippen LogP contribution in [0.3, 0.4) is 0 Å². The van der Waals surface area contributed by atoms with Crippen LogP contribution in [0.15, 0.2) is 79.4 Å². The molecule has 0 saturated carbocycles. The van der Waals surface area contributed by atoms with Crippen molar-refractivity contribution in [1.29, 1.82) is 0 Å². The lowest BCUT2D eigenvalue weighted by molar-refractivity contribution is 0.377. The summed E-state index contributed by atoms with van der Waals surface area (Å²) in [4.78, 5) is 10.2. The molecule has 2 aliphatic rings. The third-order valence-electron chi connectivity index (χ3n) is 6.38. The summed E-state index contributed by atoms with van der Waals surface area (Å²) in [6.07, 6.45) is 2.35. The van der Waals surface area contributed by atoms with Crippen LogP contribution in [0.25, 0.3) is 11.3 Å². The molecule has 1 aromatic heterocycles. The maximum Gasteiger partial charge on any atom is 0.159 e. The SMILES string of the molecule is C=CC1c2ccccc2N2c3nc(-c4ccccc4)ccc3N(C(C)C)C2C1C. The zero-order chi connectivity index (χ0) is 20.1. The van der Waals surface area contributed by atoms with Gasteiger partial charge in [-0.05, 0) is 37.6 Å². The number of rotatable bonds is 3. The van der Waals surface area contributed by atoms with Gasteiger partial charge in [0, 0.05) is 29.1 Å². The Morgan fingerprint density at radius 3 is 2.38 bits per heavy atom. The van der Waals surface area contributed by atoms with E-state index < -0.39 is 0 Å². The molecule has 0 aliphatic carbocycles. The van der Waals surface area contributed by atoms with E-state index in [9.17, 15) is 0 Å². The van der Waals surface area contributed by atoms with E-state index in [4.69, 9.17) is 4.98 Å². The molecule has 3 unspecified atom stereocenters. The van der Waals surface area contributed by atoms with Gasteiger partial charge in [-0.2, -0.15) is 0 Å². The molecular weight excluding hydrogens is 354 g/mol. The second-order valence-corrected chi connectivity index (χ2v) is 8.37. The fraction of sp³-hybridized carbons (Fsp3) is 0.269. The van der Waals surface area contributed by atoms with Gasteiger partial charge in [0.15, 0.2) is 5.82 Å². The quantitative estimate of drug-likeness (QED) is 0.492. The van der Waals surface area contributed by atoms with Gasteiger partial charge >= 0.3 is 0 Å². The van der Waals surface area contributed by atoms with Gasteiger partial charge in [-0.1, -0.05) is 61.5 Å². The van der Waals surface area contributed by atoms with Gasteiger partial charge in [0.05, 0.1) is 11.4 Å². The van der Waals surface area contributed by atoms with Crippen molar-refractivity contribution >= 4 is 17.2 Å². The Bertz CT molecular complexity index is 1060. The third-order valence-corrected chi connectivity index (χ3v) is 6.38. The van der Waals surface area contributed by atoms with Crippen molar-refractivity contribution in [3.63, 3.8) is 0 Å². The van der Waals surface area contributed by atoms with Gasteiger partial charge in [-0.3, -0.25) is 0 Å². The fourth-order valence-electron chi connectivity index (χ4n) is 5.11. The number of hydrogen-bond donors (Lipinski definition) is 0. The topological polar surface area (TPSA) is 19.4 Å². The minimum atomic E-state index is 0.237. The molecule has 29 heavy (non-hydrogen) atoms. The molecule has 3 aromatic rings. The normalized spacial score (nSPS) is 22.3. The van der Waals surface area contributed by atoms with E-state index in [1.807, 2.05) is 6.07 Å². The maximum atomic E-state index is 5.18. The molecule has 0 spiro atoms. The highest BCUT2D eigenvalue weighted by Gasteiger charge is 2.48. The minimum Gasteiger partial charge on any atom is -0.345 e.